The van der Waals surface area contributed by atoms with Gasteiger partial charge >= 0.3 is 0 Å². The van der Waals surface area contributed by atoms with Gasteiger partial charge in [0.05, 0.1) is 11.6 Å². The van der Waals surface area contributed by atoms with Gasteiger partial charge in [0.1, 0.15) is 17.3 Å². The Bertz CT molecular complexity index is 1180. The van der Waals surface area contributed by atoms with E-state index in [1.54, 1.807) is 6.92 Å². The molecule has 0 atom stereocenters. The fourth-order valence-corrected chi connectivity index (χ4v) is 4.35. The largest absolute Gasteiger partial charge is 0.480 e. The maximum absolute atomic E-state index is 12.4. The summed E-state index contributed by atoms with van der Waals surface area (Å²) in [6.45, 7) is 1.80. The summed E-state index contributed by atoms with van der Waals surface area (Å²) in [5.41, 5.74) is 0.626. The van der Waals surface area contributed by atoms with E-state index in [1.165, 1.54) is 12.1 Å². The number of benzene rings is 3. The average molecular weight is 434 g/mol. The van der Waals surface area contributed by atoms with Gasteiger partial charge in [0.25, 0.3) is 0 Å². The number of nitrogens with one attached hydrogen (secondary N) is 1. The minimum atomic E-state index is -3.78. The molecule has 0 bridgehead atoms. The first-order chi connectivity index (χ1) is 13.4. The van der Waals surface area contributed by atoms with E-state index < -0.39 is 10.0 Å². The summed E-state index contributed by atoms with van der Waals surface area (Å²) >= 11 is 12.0. The molecule has 7 heteroatoms. The zero-order chi connectivity index (χ0) is 20.1. The second-order valence-corrected chi connectivity index (χ2v) is 8.53. The van der Waals surface area contributed by atoms with Crippen LogP contribution in [0.1, 0.15) is 5.56 Å². The standard InChI is InChI=1S/C21H17Cl2NO3S/c1-15-13-21(19(23)14-18(15)22)28(25,26)24-11-4-5-12-27-20-10-6-8-16-7-2-3-9-17(16)20/h2-3,6-10,13-14,24H,11-12H2,1H3. The monoisotopic (exact) mass is 433 g/mol. The molecule has 0 saturated carbocycles. The highest BCUT2D eigenvalue weighted by Crippen LogP contribution is 2.28. The van der Waals surface area contributed by atoms with Crippen molar-refractivity contribution in [2.75, 3.05) is 13.2 Å². The summed E-state index contributed by atoms with van der Waals surface area (Å²) in [6, 6.07) is 16.5. The van der Waals surface area contributed by atoms with Gasteiger partial charge in [-0.1, -0.05) is 71.4 Å². The molecule has 0 fully saturated rings. The summed E-state index contributed by atoms with van der Waals surface area (Å²) in [5.74, 6) is 6.28. The Morgan fingerprint density at radius 2 is 1.75 bits per heavy atom. The molecule has 28 heavy (non-hydrogen) atoms. The number of fused-ring (bicyclic) bond motifs is 1. The van der Waals surface area contributed by atoms with E-state index in [0.29, 0.717) is 10.6 Å². The lowest BCUT2D eigenvalue weighted by Gasteiger charge is -2.08. The highest BCUT2D eigenvalue weighted by molar-refractivity contribution is 7.89. The zero-order valence-corrected chi connectivity index (χ0v) is 17.3. The SMILES string of the molecule is Cc1cc(S(=O)(=O)NCC#CCOc2cccc3ccccc23)c(Cl)cc1Cl. The molecule has 0 saturated heterocycles. The van der Waals surface area contributed by atoms with Crippen LogP contribution in [0.15, 0.2) is 59.5 Å². The highest BCUT2D eigenvalue weighted by atomic mass is 35.5. The van der Waals surface area contributed by atoms with E-state index in [0.717, 1.165) is 16.5 Å². The van der Waals surface area contributed by atoms with Crippen molar-refractivity contribution >= 4 is 44.0 Å². The Labute approximate surface area is 174 Å². The van der Waals surface area contributed by atoms with Gasteiger partial charge in [0.2, 0.25) is 10.0 Å². The van der Waals surface area contributed by atoms with Crippen LogP contribution in [0.5, 0.6) is 5.75 Å². The van der Waals surface area contributed by atoms with Crippen LogP contribution in [0.25, 0.3) is 10.8 Å². The lowest BCUT2D eigenvalue weighted by atomic mass is 10.1. The maximum atomic E-state index is 12.4. The second kappa shape index (κ2) is 8.85. The quantitative estimate of drug-likeness (QED) is 0.586. The molecule has 3 rings (SSSR count). The predicted octanol–water partition coefficient (Wildman–Crippen LogP) is 4.82. The van der Waals surface area contributed by atoms with Gasteiger partial charge in [-0.3, -0.25) is 0 Å². The van der Waals surface area contributed by atoms with Gasteiger partial charge in [0, 0.05) is 10.4 Å². The molecular weight excluding hydrogens is 417 g/mol. The topological polar surface area (TPSA) is 55.4 Å². The number of aryl methyl sites for hydroxylation is 1. The molecule has 0 aliphatic rings. The smallest absolute Gasteiger partial charge is 0.242 e. The van der Waals surface area contributed by atoms with Crippen LogP contribution in [0.2, 0.25) is 10.0 Å². The van der Waals surface area contributed by atoms with Gasteiger partial charge in [-0.15, -0.1) is 0 Å². The molecule has 0 aliphatic heterocycles. The van der Waals surface area contributed by atoms with Crippen molar-refractivity contribution in [2.45, 2.75) is 11.8 Å². The van der Waals surface area contributed by atoms with Crippen molar-refractivity contribution in [1.82, 2.24) is 4.72 Å². The molecule has 0 aromatic heterocycles. The predicted molar refractivity (Wildman–Crippen MR) is 114 cm³/mol. The summed E-state index contributed by atoms with van der Waals surface area (Å²) in [6.07, 6.45) is 0. The number of ether oxygens (including phenoxy) is 1. The lowest BCUT2D eigenvalue weighted by molar-refractivity contribution is 0.374. The Balaban J connectivity index is 1.60. The van der Waals surface area contributed by atoms with Crippen molar-refractivity contribution < 1.29 is 13.2 Å². The molecule has 4 nitrogen and oxygen atoms in total. The first-order valence-corrected chi connectivity index (χ1v) is 10.6. The fraction of sp³-hybridized carbons (Fsp3) is 0.143. The van der Waals surface area contributed by atoms with Crippen molar-refractivity contribution in [1.29, 1.82) is 0 Å². The number of hydrogen-bond acceptors (Lipinski definition) is 3. The van der Waals surface area contributed by atoms with Crippen LogP contribution < -0.4 is 9.46 Å². The van der Waals surface area contributed by atoms with E-state index in [4.69, 9.17) is 27.9 Å². The van der Waals surface area contributed by atoms with Crippen molar-refractivity contribution in [3.63, 3.8) is 0 Å². The van der Waals surface area contributed by atoms with Crippen molar-refractivity contribution in [2.24, 2.45) is 0 Å². The number of halogens is 2. The number of sulfonamides is 1. The van der Waals surface area contributed by atoms with Crippen molar-refractivity contribution in [3.05, 3.63) is 70.2 Å². The van der Waals surface area contributed by atoms with Crippen LogP contribution in [0.4, 0.5) is 0 Å². The third-order valence-corrected chi connectivity index (χ3v) is 6.30. The molecule has 3 aromatic carbocycles. The highest BCUT2D eigenvalue weighted by Gasteiger charge is 2.18. The number of rotatable bonds is 5. The third-order valence-electron chi connectivity index (χ3n) is 4.03. The Morgan fingerprint density at radius 3 is 2.57 bits per heavy atom. The van der Waals surface area contributed by atoms with E-state index in [1.807, 2.05) is 42.5 Å². The Hall–Kier alpha value is -2.23. The lowest BCUT2D eigenvalue weighted by Crippen LogP contribution is -2.24. The molecular formula is C21H17Cl2NO3S. The molecule has 1 N–H and O–H groups in total. The zero-order valence-electron chi connectivity index (χ0n) is 15.0. The summed E-state index contributed by atoms with van der Waals surface area (Å²) in [7, 11) is -3.78. The summed E-state index contributed by atoms with van der Waals surface area (Å²) < 4.78 is 32.9. The summed E-state index contributed by atoms with van der Waals surface area (Å²) in [4.78, 5) is -0.0233. The third kappa shape index (κ3) is 4.78. The van der Waals surface area contributed by atoms with Crippen LogP contribution in [0, 0.1) is 18.8 Å². The summed E-state index contributed by atoms with van der Waals surface area (Å²) in [5, 5.41) is 2.56. The first-order valence-electron chi connectivity index (χ1n) is 8.40. The van der Waals surface area contributed by atoms with E-state index in [-0.39, 0.29) is 23.1 Å². The maximum Gasteiger partial charge on any atom is 0.242 e. The van der Waals surface area contributed by atoms with Crippen LogP contribution in [-0.2, 0) is 10.0 Å². The minimum Gasteiger partial charge on any atom is -0.480 e. The van der Waals surface area contributed by atoms with Crippen LogP contribution >= 0.6 is 23.2 Å². The van der Waals surface area contributed by atoms with Crippen LogP contribution in [0.3, 0.4) is 0 Å². The van der Waals surface area contributed by atoms with Gasteiger partial charge in [-0.25, -0.2) is 8.42 Å². The average Bonchev–Trinajstić information content (AvgIpc) is 2.67. The van der Waals surface area contributed by atoms with E-state index in [2.05, 4.69) is 16.6 Å². The van der Waals surface area contributed by atoms with E-state index >= 15 is 0 Å². The normalized spacial score (nSPS) is 11.1. The van der Waals surface area contributed by atoms with Gasteiger partial charge in [-0.2, -0.15) is 4.72 Å². The fourth-order valence-electron chi connectivity index (χ4n) is 2.59. The molecule has 0 unspecified atom stereocenters. The molecule has 3 aromatic rings. The van der Waals surface area contributed by atoms with Gasteiger partial charge in [0.15, 0.2) is 0 Å². The Morgan fingerprint density at radius 1 is 1.00 bits per heavy atom. The van der Waals surface area contributed by atoms with Gasteiger partial charge < -0.3 is 4.74 Å². The molecule has 0 spiro atoms. The molecule has 0 heterocycles. The molecule has 0 radical (unpaired) electrons. The molecule has 0 amide bonds. The minimum absolute atomic E-state index is 0.0233. The molecule has 0 aliphatic carbocycles. The Kier molecular flexibility index (Phi) is 6.48. The van der Waals surface area contributed by atoms with Gasteiger partial charge in [-0.05, 0) is 36.1 Å². The second-order valence-electron chi connectivity index (χ2n) is 5.98. The first kappa shape index (κ1) is 20.5. The van der Waals surface area contributed by atoms with E-state index in [9.17, 15) is 8.42 Å². The molecule has 144 valence electrons. The van der Waals surface area contributed by atoms with Crippen LogP contribution in [-0.4, -0.2) is 21.6 Å². The van der Waals surface area contributed by atoms with Crippen molar-refractivity contribution in [3.8, 4) is 17.6 Å². The number of hydrogen-bond donors (Lipinski definition) is 1.